The zero-order valence-electron chi connectivity index (χ0n) is 14.0. The number of carbonyl (C=O) groups excluding carboxylic acids is 2. The van der Waals surface area contributed by atoms with Crippen LogP contribution in [0.3, 0.4) is 0 Å². The van der Waals surface area contributed by atoms with Gasteiger partial charge in [-0.05, 0) is 40.3 Å². The second kappa shape index (κ2) is 8.25. The molecule has 0 aromatic heterocycles. The summed E-state index contributed by atoms with van der Waals surface area (Å²) in [5, 5.41) is 0. The summed E-state index contributed by atoms with van der Waals surface area (Å²) in [6, 6.07) is -0.440. The molecule has 0 unspecified atom stereocenters. The minimum atomic E-state index is -0.523. The van der Waals surface area contributed by atoms with Crippen LogP contribution in [0.4, 0.5) is 0 Å². The molecule has 0 rings (SSSR count). The summed E-state index contributed by atoms with van der Waals surface area (Å²) in [6.45, 7) is 11.1. The van der Waals surface area contributed by atoms with Crippen molar-refractivity contribution >= 4 is 11.9 Å². The minimum Gasteiger partial charge on any atom is -0.460 e. The lowest BCUT2D eigenvalue weighted by Gasteiger charge is -2.31. The van der Waals surface area contributed by atoms with Gasteiger partial charge in [-0.3, -0.25) is 14.5 Å². The van der Waals surface area contributed by atoms with Crippen molar-refractivity contribution in [3.8, 4) is 0 Å². The Hall–Kier alpha value is -1.10. The SMILES string of the molecule is CCCN(CC)[C@@H](CC(=O)OC(C)(C)C)C(=O)N(C)C. The van der Waals surface area contributed by atoms with Crippen LogP contribution in [0.2, 0.25) is 0 Å². The van der Waals surface area contributed by atoms with E-state index in [9.17, 15) is 9.59 Å². The predicted octanol–water partition coefficient (Wildman–Crippen LogP) is 1.91. The summed E-state index contributed by atoms with van der Waals surface area (Å²) in [6.07, 6.45) is 1.04. The number of ether oxygens (including phenoxy) is 1. The highest BCUT2D eigenvalue weighted by Crippen LogP contribution is 2.14. The minimum absolute atomic E-state index is 0.0499. The number of nitrogens with zero attached hydrogens (tertiary/aromatic N) is 2. The molecule has 5 heteroatoms. The number of hydrogen-bond acceptors (Lipinski definition) is 4. The summed E-state index contributed by atoms with van der Waals surface area (Å²) in [7, 11) is 3.43. The summed E-state index contributed by atoms with van der Waals surface area (Å²) in [4.78, 5) is 27.9. The van der Waals surface area contributed by atoms with Gasteiger partial charge in [0, 0.05) is 14.1 Å². The largest absolute Gasteiger partial charge is 0.460 e. The van der Waals surface area contributed by atoms with Gasteiger partial charge in [0.2, 0.25) is 5.91 Å². The highest BCUT2D eigenvalue weighted by molar-refractivity contribution is 5.86. The fraction of sp³-hybridized carbons (Fsp3) is 0.867. The maximum absolute atomic E-state index is 12.3. The summed E-state index contributed by atoms with van der Waals surface area (Å²) < 4.78 is 5.33. The van der Waals surface area contributed by atoms with Crippen molar-refractivity contribution in [2.75, 3.05) is 27.2 Å². The monoisotopic (exact) mass is 286 g/mol. The molecule has 0 aromatic carbocycles. The van der Waals surface area contributed by atoms with E-state index < -0.39 is 11.6 Å². The Bertz CT molecular complexity index is 322. The normalized spacial score (nSPS) is 13.2. The van der Waals surface area contributed by atoms with Crippen molar-refractivity contribution in [2.45, 2.75) is 59.1 Å². The number of hydrogen-bond donors (Lipinski definition) is 0. The third-order valence-corrected chi connectivity index (χ3v) is 2.86. The lowest BCUT2D eigenvalue weighted by Crippen LogP contribution is -2.48. The number of amides is 1. The second-order valence-corrected chi connectivity index (χ2v) is 6.17. The van der Waals surface area contributed by atoms with Crippen molar-refractivity contribution in [1.82, 2.24) is 9.80 Å². The van der Waals surface area contributed by atoms with Gasteiger partial charge in [0.15, 0.2) is 0 Å². The molecule has 0 N–H and O–H groups in total. The van der Waals surface area contributed by atoms with Crippen LogP contribution in [0.1, 0.15) is 47.5 Å². The fourth-order valence-electron chi connectivity index (χ4n) is 2.03. The number of likely N-dealkylation sites (N-methyl/N-ethyl adjacent to an activating group) is 2. The molecule has 118 valence electrons. The van der Waals surface area contributed by atoms with Crippen LogP contribution in [0, 0.1) is 0 Å². The molecule has 0 aliphatic carbocycles. The van der Waals surface area contributed by atoms with Crippen LogP contribution >= 0.6 is 0 Å². The first kappa shape index (κ1) is 18.9. The van der Waals surface area contributed by atoms with E-state index in [0.29, 0.717) is 0 Å². The first-order valence-electron chi connectivity index (χ1n) is 7.29. The van der Waals surface area contributed by atoms with Crippen LogP contribution in [0.25, 0.3) is 0 Å². The van der Waals surface area contributed by atoms with Gasteiger partial charge >= 0.3 is 5.97 Å². The Kier molecular flexibility index (Phi) is 7.79. The maximum Gasteiger partial charge on any atom is 0.308 e. The van der Waals surface area contributed by atoms with E-state index in [1.165, 1.54) is 4.90 Å². The first-order chi connectivity index (χ1) is 9.12. The van der Waals surface area contributed by atoms with Crippen LogP contribution in [0.15, 0.2) is 0 Å². The molecule has 5 nitrogen and oxygen atoms in total. The topological polar surface area (TPSA) is 49.9 Å². The van der Waals surface area contributed by atoms with Crippen molar-refractivity contribution in [3.63, 3.8) is 0 Å². The molecule has 0 aromatic rings. The van der Waals surface area contributed by atoms with E-state index in [-0.39, 0.29) is 18.3 Å². The maximum atomic E-state index is 12.3. The van der Waals surface area contributed by atoms with Gasteiger partial charge < -0.3 is 9.64 Å². The number of rotatable bonds is 7. The molecule has 1 atom stereocenters. The Morgan fingerprint density at radius 2 is 1.70 bits per heavy atom. The predicted molar refractivity (Wildman–Crippen MR) is 80.5 cm³/mol. The van der Waals surface area contributed by atoms with Crippen LogP contribution < -0.4 is 0 Å². The van der Waals surface area contributed by atoms with Gasteiger partial charge in [0.05, 0.1) is 12.5 Å². The van der Waals surface area contributed by atoms with E-state index >= 15 is 0 Å². The molecular weight excluding hydrogens is 256 g/mol. The van der Waals surface area contributed by atoms with Crippen LogP contribution in [-0.4, -0.2) is 60.5 Å². The van der Waals surface area contributed by atoms with Crippen molar-refractivity contribution in [3.05, 3.63) is 0 Å². The van der Waals surface area contributed by atoms with Gasteiger partial charge in [-0.25, -0.2) is 0 Å². The molecule has 20 heavy (non-hydrogen) atoms. The standard InChI is InChI=1S/C15H30N2O3/c1-8-10-17(9-2)12(14(19)16(6)7)11-13(18)20-15(3,4)5/h12H,8-11H2,1-7H3/t12-/m0/s1. The van der Waals surface area contributed by atoms with E-state index in [4.69, 9.17) is 4.74 Å². The third-order valence-electron chi connectivity index (χ3n) is 2.86. The lowest BCUT2D eigenvalue weighted by molar-refractivity contribution is -0.158. The average molecular weight is 286 g/mol. The molecule has 0 spiro atoms. The summed E-state index contributed by atoms with van der Waals surface area (Å²) in [5.41, 5.74) is -0.523. The zero-order chi connectivity index (χ0) is 15.9. The molecule has 1 amide bonds. The second-order valence-electron chi connectivity index (χ2n) is 6.17. The Labute approximate surface area is 123 Å². The van der Waals surface area contributed by atoms with Gasteiger partial charge in [-0.15, -0.1) is 0 Å². The van der Waals surface area contributed by atoms with Gasteiger partial charge in [0.1, 0.15) is 5.60 Å². The van der Waals surface area contributed by atoms with E-state index in [1.54, 1.807) is 14.1 Å². The van der Waals surface area contributed by atoms with Gasteiger partial charge in [-0.1, -0.05) is 13.8 Å². The smallest absolute Gasteiger partial charge is 0.308 e. The highest BCUT2D eigenvalue weighted by atomic mass is 16.6. The quantitative estimate of drug-likeness (QED) is 0.671. The van der Waals surface area contributed by atoms with E-state index in [0.717, 1.165) is 19.5 Å². The van der Waals surface area contributed by atoms with Gasteiger partial charge in [0.25, 0.3) is 0 Å². The number of esters is 1. The number of carbonyl (C=O) groups is 2. The van der Waals surface area contributed by atoms with Crippen molar-refractivity contribution in [1.29, 1.82) is 0 Å². The Morgan fingerprint density at radius 3 is 2.05 bits per heavy atom. The van der Waals surface area contributed by atoms with Crippen molar-refractivity contribution < 1.29 is 14.3 Å². The molecular formula is C15H30N2O3. The zero-order valence-corrected chi connectivity index (χ0v) is 14.0. The molecule has 0 bridgehead atoms. The van der Waals surface area contributed by atoms with E-state index in [1.807, 2.05) is 32.6 Å². The molecule has 0 aliphatic rings. The van der Waals surface area contributed by atoms with Crippen molar-refractivity contribution in [2.24, 2.45) is 0 Å². The molecule has 0 heterocycles. The Balaban J connectivity index is 4.94. The summed E-state index contributed by atoms with van der Waals surface area (Å²) >= 11 is 0. The molecule has 0 saturated carbocycles. The molecule has 0 radical (unpaired) electrons. The van der Waals surface area contributed by atoms with E-state index in [2.05, 4.69) is 6.92 Å². The van der Waals surface area contributed by atoms with Crippen LogP contribution in [0.5, 0.6) is 0 Å². The lowest BCUT2D eigenvalue weighted by atomic mass is 10.1. The van der Waals surface area contributed by atoms with Crippen LogP contribution in [-0.2, 0) is 14.3 Å². The molecule has 0 fully saturated rings. The first-order valence-corrected chi connectivity index (χ1v) is 7.29. The Morgan fingerprint density at radius 1 is 1.15 bits per heavy atom. The highest BCUT2D eigenvalue weighted by Gasteiger charge is 2.30. The third kappa shape index (κ3) is 6.89. The average Bonchev–Trinajstić information content (AvgIpc) is 2.30. The fourth-order valence-corrected chi connectivity index (χ4v) is 2.03. The van der Waals surface area contributed by atoms with Gasteiger partial charge in [-0.2, -0.15) is 0 Å². The molecule has 0 saturated heterocycles. The molecule has 0 aliphatic heterocycles. The summed E-state index contributed by atoms with van der Waals surface area (Å²) in [5.74, 6) is -0.376.